The Kier molecular flexibility index (Phi) is 6.86. The van der Waals surface area contributed by atoms with Gasteiger partial charge in [-0.15, -0.1) is 0 Å². The van der Waals surface area contributed by atoms with Gasteiger partial charge < -0.3 is 25.4 Å². The van der Waals surface area contributed by atoms with Gasteiger partial charge in [0.05, 0.1) is 30.1 Å². The van der Waals surface area contributed by atoms with Crippen LogP contribution < -0.4 is 10.6 Å². The standard InChI is InChI=1S/C33H37N3O5/c1-4-25(19-37)36-28(30(39)35-24-15-14-22-12-8-9-13-23(22)16-24)33-17-20(2)32(3,41-33)26(27(33)31(36)40)29(38)34-18-21-10-6-5-7-11-21/h5-16,20,25-28,37H,4,17-19H2,1-3H3,(H,34,38)(H,35,39)/t20?,25-,26+,27-,28?,32-,33?/m0/s1. The molecule has 0 saturated carbocycles. The number of anilines is 1. The number of aliphatic hydroxyl groups is 1. The van der Waals surface area contributed by atoms with E-state index in [1.54, 1.807) is 0 Å². The molecule has 8 heteroatoms. The van der Waals surface area contributed by atoms with Gasteiger partial charge in [-0.3, -0.25) is 14.4 Å². The van der Waals surface area contributed by atoms with Crippen molar-refractivity contribution in [2.45, 2.75) is 63.4 Å². The van der Waals surface area contributed by atoms with Crippen LogP contribution in [0.25, 0.3) is 10.8 Å². The molecule has 0 radical (unpaired) electrons. The molecule has 3 heterocycles. The summed E-state index contributed by atoms with van der Waals surface area (Å²) in [6.07, 6.45) is 0.930. The highest BCUT2D eigenvalue weighted by Crippen LogP contribution is 2.65. The zero-order valence-electron chi connectivity index (χ0n) is 23.7. The van der Waals surface area contributed by atoms with E-state index in [1.807, 2.05) is 93.6 Å². The van der Waals surface area contributed by atoms with Crippen LogP contribution in [0.15, 0.2) is 72.8 Å². The Morgan fingerprint density at radius 1 is 1.05 bits per heavy atom. The fraction of sp³-hybridized carbons (Fsp3) is 0.424. The Morgan fingerprint density at radius 3 is 2.46 bits per heavy atom. The highest BCUT2D eigenvalue weighted by Gasteiger charge is 2.80. The third-order valence-electron chi connectivity index (χ3n) is 9.69. The van der Waals surface area contributed by atoms with Crippen molar-refractivity contribution in [2.24, 2.45) is 17.8 Å². The van der Waals surface area contributed by atoms with E-state index in [4.69, 9.17) is 4.74 Å². The maximum absolute atomic E-state index is 14.3. The van der Waals surface area contributed by atoms with E-state index in [-0.39, 0.29) is 30.2 Å². The van der Waals surface area contributed by atoms with E-state index < -0.39 is 35.1 Å². The quantitative estimate of drug-likeness (QED) is 0.391. The van der Waals surface area contributed by atoms with Gasteiger partial charge in [0.1, 0.15) is 11.6 Å². The summed E-state index contributed by atoms with van der Waals surface area (Å²) in [7, 11) is 0. The number of benzene rings is 3. The van der Waals surface area contributed by atoms with Crippen molar-refractivity contribution in [3.63, 3.8) is 0 Å². The molecule has 3 aromatic carbocycles. The number of carbonyl (C=O) groups is 3. The minimum atomic E-state index is -1.18. The molecule has 3 aromatic rings. The van der Waals surface area contributed by atoms with Crippen LogP contribution >= 0.6 is 0 Å². The summed E-state index contributed by atoms with van der Waals surface area (Å²) in [4.78, 5) is 43.8. The number of likely N-dealkylation sites (tertiary alicyclic amines) is 1. The Hall–Kier alpha value is -3.75. The molecular weight excluding hydrogens is 518 g/mol. The van der Waals surface area contributed by atoms with E-state index >= 15 is 0 Å². The molecule has 7 atom stereocenters. The first kappa shape index (κ1) is 27.4. The summed E-state index contributed by atoms with van der Waals surface area (Å²) >= 11 is 0. The lowest BCUT2D eigenvalue weighted by molar-refractivity contribution is -0.149. The van der Waals surface area contributed by atoms with Crippen molar-refractivity contribution in [3.05, 3.63) is 78.4 Å². The van der Waals surface area contributed by atoms with Crippen molar-refractivity contribution in [1.82, 2.24) is 10.2 Å². The molecule has 214 valence electrons. The maximum Gasteiger partial charge on any atom is 0.250 e. The van der Waals surface area contributed by atoms with Gasteiger partial charge >= 0.3 is 0 Å². The first-order chi connectivity index (χ1) is 19.7. The van der Waals surface area contributed by atoms with Gasteiger partial charge in [-0.1, -0.05) is 74.5 Å². The highest BCUT2D eigenvalue weighted by molar-refractivity contribution is 6.04. The Labute approximate surface area is 240 Å². The topological polar surface area (TPSA) is 108 Å². The van der Waals surface area contributed by atoms with Gasteiger partial charge in [-0.25, -0.2) is 0 Å². The average Bonchev–Trinajstić information content (AvgIpc) is 3.49. The first-order valence-electron chi connectivity index (χ1n) is 14.5. The van der Waals surface area contributed by atoms with Crippen LogP contribution in [0.4, 0.5) is 5.69 Å². The van der Waals surface area contributed by atoms with Crippen LogP contribution in [-0.4, -0.2) is 57.6 Å². The molecule has 3 amide bonds. The smallest absolute Gasteiger partial charge is 0.250 e. The highest BCUT2D eigenvalue weighted by atomic mass is 16.5. The number of nitrogens with zero attached hydrogens (tertiary/aromatic N) is 1. The molecule has 3 fully saturated rings. The molecule has 3 unspecified atom stereocenters. The summed E-state index contributed by atoms with van der Waals surface area (Å²) in [6, 6.07) is 21.6. The number of nitrogens with one attached hydrogen (secondary N) is 2. The fourth-order valence-electron chi connectivity index (χ4n) is 7.56. The Morgan fingerprint density at radius 2 is 1.76 bits per heavy atom. The molecule has 0 aliphatic carbocycles. The summed E-state index contributed by atoms with van der Waals surface area (Å²) in [5, 5.41) is 18.4. The van der Waals surface area contributed by atoms with Gasteiger partial charge in [-0.05, 0) is 54.2 Å². The van der Waals surface area contributed by atoms with Crippen LogP contribution in [0.2, 0.25) is 0 Å². The second kappa shape index (κ2) is 10.3. The summed E-state index contributed by atoms with van der Waals surface area (Å²) in [6.45, 7) is 5.85. The molecule has 2 bridgehead atoms. The molecule has 0 aromatic heterocycles. The Balaban J connectivity index is 1.36. The Bertz CT molecular complexity index is 1490. The number of ether oxygens (including phenoxy) is 1. The van der Waals surface area contributed by atoms with E-state index in [1.165, 1.54) is 4.90 Å². The number of hydrogen-bond donors (Lipinski definition) is 3. The number of aliphatic hydroxyl groups excluding tert-OH is 1. The SMILES string of the molecule is CC[C@@H](CO)N1C(=O)[C@@H]2[C@H](C(=O)NCc3ccccc3)[C@@]3(C)OC2(CC3C)C1C(=O)Nc1ccc2ccccc2c1. The van der Waals surface area contributed by atoms with Crippen LogP contribution in [0, 0.1) is 17.8 Å². The molecular formula is C33H37N3O5. The average molecular weight is 556 g/mol. The molecule has 3 aliphatic heterocycles. The van der Waals surface area contributed by atoms with Crippen molar-refractivity contribution < 1.29 is 24.2 Å². The molecule has 3 aliphatic rings. The number of rotatable bonds is 8. The summed E-state index contributed by atoms with van der Waals surface area (Å²) < 4.78 is 6.79. The molecule has 3 N–H and O–H groups in total. The largest absolute Gasteiger partial charge is 0.394 e. The minimum absolute atomic E-state index is 0.0656. The number of amides is 3. The predicted molar refractivity (Wildman–Crippen MR) is 156 cm³/mol. The van der Waals surface area contributed by atoms with E-state index in [0.29, 0.717) is 25.1 Å². The van der Waals surface area contributed by atoms with Crippen molar-refractivity contribution >= 4 is 34.2 Å². The van der Waals surface area contributed by atoms with E-state index in [0.717, 1.165) is 16.3 Å². The van der Waals surface area contributed by atoms with Gasteiger partial charge in [0, 0.05) is 12.2 Å². The van der Waals surface area contributed by atoms with Crippen LogP contribution in [-0.2, 0) is 25.7 Å². The molecule has 8 nitrogen and oxygen atoms in total. The van der Waals surface area contributed by atoms with Crippen molar-refractivity contribution in [2.75, 3.05) is 11.9 Å². The van der Waals surface area contributed by atoms with Gasteiger partial charge in [0.15, 0.2) is 0 Å². The molecule has 1 spiro atoms. The zero-order valence-corrected chi connectivity index (χ0v) is 23.7. The number of hydrogen-bond acceptors (Lipinski definition) is 5. The minimum Gasteiger partial charge on any atom is -0.394 e. The lowest BCUT2D eigenvalue weighted by atomic mass is 9.62. The molecule has 6 rings (SSSR count). The number of fused-ring (bicyclic) bond motifs is 2. The van der Waals surface area contributed by atoms with Crippen LogP contribution in [0.3, 0.4) is 0 Å². The normalized spacial score (nSPS) is 30.8. The van der Waals surface area contributed by atoms with Gasteiger partial charge in [0.2, 0.25) is 17.7 Å². The summed E-state index contributed by atoms with van der Waals surface area (Å²) in [5.41, 5.74) is -0.516. The third kappa shape index (κ3) is 4.23. The lowest BCUT2D eigenvalue weighted by Crippen LogP contribution is -2.56. The van der Waals surface area contributed by atoms with Crippen LogP contribution in [0.1, 0.15) is 39.2 Å². The third-order valence-corrected chi connectivity index (χ3v) is 9.69. The van der Waals surface area contributed by atoms with Crippen molar-refractivity contribution in [3.8, 4) is 0 Å². The molecule has 41 heavy (non-hydrogen) atoms. The second-order valence-electron chi connectivity index (χ2n) is 11.9. The van der Waals surface area contributed by atoms with E-state index in [9.17, 15) is 19.5 Å². The van der Waals surface area contributed by atoms with E-state index in [2.05, 4.69) is 10.6 Å². The van der Waals surface area contributed by atoms with Crippen molar-refractivity contribution in [1.29, 1.82) is 0 Å². The maximum atomic E-state index is 14.3. The fourth-order valence-corrected chi connectivity index (χ4v) is 7.56. The monoisotopic (exact) mass is 555 g/mol. The molecule has 3 saturated heterocycles. The van der Waals surface area contributed by atoms with Gasteiger partial charge in [-0.2, -0.15) is 0 Å². The number of carbonyl (C=O) groups excluding carboxylic acids is 3. The summed E-state index contributed by atoms with van der Waals surface area (Å²) in [5.74, 6) is -2.59. The zero-order chi connectivity index (χ0) is 28.9. The van der Waals surface area contributed by atoms with Gasteiger partial charge in [0.25, 0.3) is 0 Å². The first-order valence-corrected chi connectivity index (χ1v) is 14.5. The predicted octanol–water partition coefficient (Wildman–Crippen LogP) is 3.88. The lowest BCUT2D eigenvalue weighted by Gasteiger charge is -2.36. The van der Waals surface area contributed by atoms with Crippen LogP contribution in [0.5, 0.6) is 0 Å². The second-order valence-corrected chi connectivity index (χ2v) is 11.9.